The maximum Gasteiger partial charge on any atom is 0.0506 e. The largest absolute Gasteiger partial charge is 0.384 e. The summed E-state index contributed by atoms with van der Waals surface area (Å²) in [6.07, 6.45) is 2.54. The molecule has 3 nitrogen and oxygen atoms in total. The van der Waals surface area contributed by atoms with E-state index in [0.717, 1.165) is 38.8 Å². The van der Waals surface area contributed by atoms with Crippen LogP contribution in [0.25, 0.3) is 0 Å². The Balaban J connectivity index is 1.63. The van der Waals surface area contributed by atoms with Gasteiger partial charge in [-0.3, -0.25) is 0 Å². The van der Waals surface area contributed by atoms with Crippen molar-refractivity contribution < 1.29 is 4.74 Å². The second-order valence-corrected chi connectivity index (χ2v) is 5.64. The Bertz CT molecular complexity index is 358. The molecule has 1 heterocycles. The SMILES string of the molecule is Cc1ccc(NCCN(C)CC2CCCOC2)cc1. The number of rotatable bonds is 6. The minimum absolute atomic E-state index is 0.720. The van der Waals surface area contributed by atoms with Crippen LogP contribution in [0.5, 0.6) is 0 Å². The topological polar surface area (TPSA) is 24.5 Å². The van der Waals surface area contributed by atoms with Crippen LogP contribution in [0.2, 0.25) is 0 Å². The third-order valence-electron chi connectivity index (χ3n) is 3.70. The average molecular weight is 262 g/mol. The summed E-state index contributed by atoms with van der Waals surface area (Å²) in [6.45, 7) is 7.22. The molecule has 1 aliphatic rings. The molecule has 0 aliphatic carbocycles. The Kier molecular flexibility index (Phi) is 5.67. The Morgan fingerprint density at radius 2 is 2.11 bits per heavy atom. The number of anilines is 1. The maximum absolute atomic E-state index is 5.53. The average Bonchev–Trinajstić information content (AvgIpc) is 2.42. The lowest BCUT2D eigenvalue weighted by Gasteiger charge is -2.27. The van der Waals surface area contributed by atoms with Crippen molar-refractivity contribution in [3.05, 3.63) is 29.8 Å². The van der Waals surface area contributed by atoms with Gasteiger partial charge in [-0.1, -0.05) is 17.7 Å². The molecule has 106 valence electrons. The van der Waals surface area contributed by atoms with Crippen molar-refractivity contribution in [2.45, 2.75) is 19.8 Å². The highest BCUT2D eigenvalue weighted by Crippen LogP contribution is 2.14. The van der Waals surface area contributed by atoms with E-state index in [1.807, 2.05) is 0 Å². The lowest BCUT2D eigenvalue weighted by molar-refractivity contribution is 0.0425. The van der Waals surface area contributed by atoms with Gasteiger partial charge in [0.1, 0.15) is 0 Å². The van der Waals surface area contributed by atoms with Crippen LogP contribution >= 0.6 is 0 Å². The van der Waals surface area contributed by atoms with Gasteiger partial charge in [0.05, 0.1) is 6.61 Å². The molecule has 0 aromatic heterocycles. The molecule has 1 aliphatic heterocycles. The Morgan fingerprint density at radius 1 is 1.32 bits per heavy atom. The Hall–Kier alpha value is -1.06. The highest BCUT2D eigenvalue weighted by atomic mass is 16.5. The highest BCUT2D eigenvalue weighted by molar-refractivity contribution is 5.44. The van der Waals surface area contributed by atoms with E-state index >= 15 is 0 Å². The minimum Gasteiger partial charge on any atom is -0.384 e. The number of nitrogens with one attached hydrogen (secondary N) is 1. The van der Waals surface area contributed by atoms with E-state index in [-0.39, 0.29) is 0 Å². The molecule has 19 heavy (non-hydrogen) atoms. The van der Waals surface area contributed by atoms with Crippen LogP contribution < -0.4 is 5.32 Å². The minimum atomic E-state index is 0.720. The summed E-state index contributed by atoms with van der Waals surface area (Å²) in [5, 5.41) is 3.47. The van der Waals surface area contributed by atoms with Crippen LogP contribution in [0, 0.1) is 12.8 Å². The standard InChI is InChI=1S/C16H26N2O/c1-14-5-7-16(8-6-14)17-9-10-18(2)12-15-4-3-11-19-13-15/h5-8,15,17H,3-4,9-13H2,1-2H3. The first-order chi connectivity index (χ1) is 9.24. The number of nitrogens with zero attached hydrogens (tertiary/aromatic N) is 1. The quantitative estimate of drug-likeness (QED) is 0.853. The molecule has 1 fully saturated rings. The van der Waals surface area contributed by atoms with Crippen LogP contribution in [0.4, 0.5) is 5.69 Å². The predicted molar refractivity (Wildman–Crippen MR) is 80.7 cm³/mol. The van der Waals surface area contributed by atoms with Crippen LogP contribution in [0.3, 0.4) is 0 Å². The van der Waals surface area contributed by atoms with Gasteiger partial charge in [0, 0.05) is 31.9 Å². The third-order valence-corrected chi connectivity index (χ3v) is 3.70. The summed E-state index contributed by atoms with van der Waals surface area (Å²) in [5.41, 5.74) is 2.51. The summed E-state index contributed by atoms with van der Waals surface area (Å²) in [5.74, 6) is 0.720. The second kappa shape index (κ2) is 7.51. The summed E-state index contributed by atoms with van der Waals surface area (Å²) in [4.78, 5) is 2.40. The van der Waals surface area contributed by atoms with Crippen LogP contribution in [0.1, 0.15) is 18.4 Å². The van der Waals surface area contributed by atoms with Gasteiger partial charge >= 0.3 is 0 Å². The van der Waals surface area contributed by atoms with Gasteiger partial charge in [0.15, 0.2) is 0 Å². The lowest BCUT2D eigenvalue weighted by atomic mass is 10.0. The summed E-state index contributed by atoms with van der Waals surface area (Å²) in [6, 6.07) is 8.57. The fourth-order valence-corrected chi connectivity index (χ4v) is 2.55. The molecule has 0 radical (unpaired) electrons. The van der Waals surface area contributed by atoms with Crippen molar-refractivity contribution in [2.24, 2.45) is 5.92 Å². The zero-order valence-corrected chi connectivity index (χ0v) is 12.2. The lowest BCUT2D eigenvalue weighted by Crippen LogP contribution is -2.33. The molecular formula is C16H26N2O. The first kappa shape index (κ1) is 14.4. The van der Waals surface area contributed by atoms with E-state index in [9.17, 15) is 0 Å². The van der Waals surface area contributed by atoms with Gasteiger partial charge in [-0.25, -0.2) is 0 Å². The molecule has 1 aromatic rings. The molecule has 1 atom stereocenters. The van der Waals surface area contributed by atoms with Crippen molar-refractivity contribution in [3.8, 4) is 0 Å². The molecule has 0 spiro atoms. The first-order valence-corrected chi connectivity index (χ1v) is 7.31. The molecule has 0 bridgehead atoms. The molecule has 1 N–H and O–H groups in total. The summed E-state index contributed by atoms with van der Waals surface area (Å²) >= 11 is 0. The normalized spacial score (nSPS) is 19.6. The van der Waals surface area contributed by atoms with Crippen LogP contribution in [0.15, 0.2) is 24.3 Å². The van der Waals surface area contributed by atoms with E-state index in [1.54, 1.807) is 0 Å². The van der Waals surface area contributed by atoms with Crippen LogP contribution in [-0.2, 0) is 4.74 Å². The smallest absolute Gasteiger partial charge is 0.0506 e. The van der Waals surface area contributed by atoms with Crippen molar-refractivity contribution in [1.29, 1.82) is 0 Å². The van der Waals surface area contributed by atoms with Gasteiger partial charge in [0.2, 0.25) is 0 Å². The van der Waals surface area contributed by atoms with E-state index < -0.39 is 0 Å². The van der Waals surface area contributed by atoms with Crippen molar-refractivity contribution in [3.63, 3.8) is 0 Å². The fraction of sp³-hybridized carbons (Fsp3) is 0.625. The fourth-order valence-electron chi connectivity index (χ4n) is 2.55. The molecular weight excluding hydrogens is 236 g/mol. The van der Waals surface area contributed by atoms with Crippen LogP contribution in [-0.4, -0.2) is 44.8 Å². The monoisotopic (exact) mass is 262 g/mol. The highest BCUT2D eigenvalue weighted by Gasteiger charge is 2.15. The molecule has 0 amide bonds. The summed E-state index contributed by atoms with van der Waals surface area (Å²) in [7, 11) is 2.20. The van der Waals surface area contributed by atoms with Gasteiger partial charge in [-0.2, -0.15) is 0 Å². The number of hydrogen-bond acceptors (Lipinski definition) is 3. The molecule has 1 aromatic carbocycles. The van der Waals surface area contributed by atoms with E-state index in [2.05, 4.69) is 48.5 Å². The predicted octanol–water partition coefficient (Wildman–Crippen LogP) is 2.77. The van der Waals surface area contributed by atoms with Crippen molar-refractivity contribution in [1.82, 2.24) is 4.90 Å². The Morgan fingerprint density at radius 3 is 2.79 bits per heavy atom. The summed E-state index contributed by atoms with van der Waals surface area (Å²) < 4.78 is 5.53. The third kappa shape index (κ3) is 5.21. The number of ether oxygens (including phenoxy) is 1. The number of aryl methyl sites for hydroxylation is 1. The van der Waals surface area contributed by atoms with Gasteiger partial charge in [0.25, 0.3) is 0 Å². The molecule has 2 rings (SSSR count). The second-order valence-electron chi connectivity index (χ2n) is 5.64. The zero-order valence-electron chi connectivity index (χ0n) is 12.2. The molecule has 0 saturated carbocycles. The Labute approximate surface area is 116 Å². The molecule has 1 saturated heterocycles. The number of benzene rings is 1. The number of likely N-dealkylation sites (N-methyl/N-ethyl adjacent to an activating group) is 1. The zero-order chi connectivity index (χ0) is 13.5. The van der Waals surface area contributed by atoms with Crippen molar-refractivity contribution >= 4 is 5.69 Å². The van der Waals surface area contributed by atoms with Gasteiger partial charge in [-0.05, 0) is 44.9 Å². The van der Waals surface area contributed by atoms with E-state index in [0.29, 0.717) is 0 Å². The van der Waals surface area contributed by atoms with Crippen molar-refractivity contribution in [2.75, 3.05) is 45.2 Å². The van der Waals surface area contributed by atoms with Gasteiger partial charge in [-0.15, -0.1) is 0 Å². The van der Waals surface area contributed by atoms with E-state index in [4.69, 9.17) is 4.74 Å². The number of hydrogen-bond donors (Lipinski definition) is 1. The molecule has 3 heteroatoms. The maximum atomic E-state index is 5.53. The molecule has 1 unspecified atom stereocenters. The van der Waals surface area contributed by atoms with Gasteiger partial charge < -0.3 is 15.0 Å². The van der Waals surface area contributed by atoms with E-state index in [1.165, 1.54) is 24.1 Å². The first-order valence-electron chi connectivity index (χ1n) is 7.31.